The van der Waals surface area contributed by atoms with Gasteiger partial charge in [0.05, 0.1) is 43.4 Å². The SMILES string of the molecule is Cc1cncc(-c2ccc(-c3cc4cnc(N)nc4n(C[C@H]4OC[C@H](N)CO4)c3=O)c(Cl)c2)n1. The standard InChI is InChI=1S/C23H22ClN7O3/c1-12-6-27-8-19(29-12)13-2-3-16(18(24)5-13)17-4-14-7-28-23(26)30-21(14)31(22(17)32)9-20-33-10-15(25)11-34-20/h2-8,15,20H,9-11,25H2,1H3,(H2,26,28,30)/t15-,20-. The van der Waals surface area contributed by atoms with Crippen LogP contribution in [0.25, 0.3) is 33.4 Å². The Morgan fingerprint density at radius 3 is 2.65 bits per heavy atom. The molecule has 0 bridgehead atoms. The van der Waals surface area contributed by atoms with Crippen LogP contribution in [-0.4, -0.2) is 50.0 Å². The number of ether oxygens (including phenoxy) is 2. The molecule has 0 atom stereocenters. The maximum absolute atomic E-state index is 13.6. The van der Waals surface area contributed by atoms with Gasteiger partial charge in [-0.15, -0.1) is 0 Å². The van der Waals surface area contributed by atoms with E-state index in [1.807, 2.05) is 13.0 Å². The Balaban J connectivity index is 1.60. The summed E-state index contributed by atoms with van der Waals surface area (Å²) in [7, 11) is 0. The van der Waals surface area contributed by atoms with E-state index in [1.54, 1.807) is 36.8 Å². The molecule has 3 aromatic heterocycles. The van der Waals surface area contributed by atoms with E-state index in [2.05, 4.69) is 19.9 Å². The second kappa shape index (κ2) is 9.07. The van der Waals surface area contributed by atoms with E-state index in [0.717, 1.165) is 11.3 Å². The van der Waals surface area contributed by atoms with Gasteiger partial charge in [0.1, 0.15) is 5.65 Å². The Hall–Kier alpha value is -3.44. The maximum atomic E-state index is 13.6. The van der Waals surface area contributed by atoms with Crippen molar-refractivity contribution < 1.29 is 9.47 Å². The summed E-state index contributed by atoms with van der Waals surface area (Å²) in [5.41, 5.74) is 14.9. The molecule has 0 amide bonds. The van der Waals surface area contributed by atoms with Crippen LogP contribution in [0.5, 0.6) is 0 Å². The number of pyridine rings is 1. The predicted octanol–water partition coefficient (Wildman–Crippen LogP) is 2.16. The van der Waals surface area contributed by atoms with E-state index in [4.69, 9.17) is 32.5 Å². The van der Waals surface area contributed by atoms with Crippen LogP contribution < -0.4 is 17.0 Å². The predicted molar refractivity (Wildman–Crippen MR) is 128 cm³/mol. The molecule has 4 N–H and O–H groups in total. The van der Waals surface area contributed by atoms with Gasteiger partial charge in [-0.25, -0.2) is 9.97 Å². The lowest BCUT2D eigenvalue weighted by molar-refractivity contribution is -0.191. The van der Waals surface area contributed by atoms with Gasteiger partial charge >= 0.3 is 0 Å². The zero-order chi connectivity index (χ0) is 23.8. The van der Waals surface area contributed by atoms with Gasteiger partial charge in [0.25, 0.3) is 5.56 Å². The van der Waals surface area contributed by atoms with Crippen molar-refractivity contribution >= 4 is 28.6 Å². The third-order valence-corrected chi connectivity index (χ3v) is 5.79. The lowest BCUT2D eigenvalue weighted by Gasteiger charge is -2.28. The van der Waals surface area contributed by atoms with Crippen LogP contribution in [0.15, 0.2) is 47.7 Å². The van der Waals surface area contributed by atoms with Crippen LogP contribution in [-0.2, 0) is 16.0 Å². The Morgan fingerprint density at radius 2 is 1.91 bits per heavy atom. The first kappa shape index (κ1) is 22.4. The number of aryl methyl sites for hydroxylation is 1. The van der Waals surface area contributed by atoms with Gasteiger partial charge in [-0.05, 0) is 19.1 Å². The molecule has 174 valence electrons. The van der Waals surface area contributed by atoms with Crippen molar-refractivity contribution in [3.63, 3.8) is 0 Å². The average molecular weight is 480 g/mol. The highest BCUT2D eigenvalue weighted by Crippen LogP contribution is 2.31. The molecular weight excluding hydrogens is 458 g/mol. The number of benzene rings is 1. The molecule has 1 aromatic carbocycles. The normalized spacial score (nSPS) is 18.3. The topological polar surface area (TPSA) is 144 Å². The summed E-state index contributed by atoms with van der Waals surface area (Å²) >= 11 is 6.65. The van der Waals surface area contributed by atoms with Gasteiger partial charge in [0.15, 0.2) is 6.29 Å². The van der Waals surface area contributed by atoms with E-state index in [-0.39, 0.29) is 24.1 Å². The van der Waals surface area contributed by atoms with Crippen LogP contribution in [0.4, 0.5) is 5.95 Å². The molecule has 0 unspecified atom stereocenters. The Labute approximate surface area is 199 Å². The van der Waals surface area contributed by atoms with Crippen LogP contribution in [0.2, 0.25) is 5.02 Å². The third kappa shape index (κ3) is 4.36. The van der Waals surface area contributed by atoms with Gasteiger partial charge in [0.2, 0.25) is 5.95 Å². The van der Waals surface area contributed by atoms with E-state index in [0.29, 0.717) is 46.1 Å². The number of hydrogen-bond donors (Lipinski definition) is 2. The monoisotopic (exact) mass is 479 g/mol. The number of nitrogen functional groups attached to an aromatic ring is 1. The van der Waals surface area contributed by atoms with Crippen molar-refractivity contribution in [2.75, 3.05) is 18.9 Å². The summed E-state index contributed by atoms with van der Waals surface area (Å²) in [6, 6.07) is 6.92. The molecule has 4 aromatic rings. The largest absolute Gasteiger partial charge is 0.368 e. The molecule has 4 heterocycles. The van der Waals surface area contributed by atoms with Crippen LogP contribution in [0.3, 0.4) is 0 Å². The molecule has 1 aliphatic heterocycles. The lowest BCUT2D eigenvalue weighted by atomic mass is 10.0. The molecular formula is C23H22ClN7O3. The van der Waals surface area contributed by atoms with Crippen molar-refractivity contribution in [1.29, 1.82) is 0 Å². The smallest absolute Gasteiger partial charge is 0.260 e. The van der Waals surface area contributed by atoms with E-state index < -0.39 is 6.29 Å². The first-order valence-electron chi connectivity index (χ1n) is 10.6. The molecule has 1 aliphatic rings. The summed E-state index contributed by atoms with van der Waals surface area (Å²) in [6.45, 7) is 2.65. The summed E-state index contributed by atoms with van der Waals surface area (Å²) < 4.78 is 12.8. The molecule has 1 fully saturated rings. The number of rotatable bonds is 4. The minimum absolute atomic E-state index is 0.0579. The van der Waals surface area contributed by atoms with Crippen LogP contribution in [0, 0.1) is 6.92 Å². The minimum Gasteiger partial charge on any atom is -0.368 e. The number of fused-ring (bicyclic) bond motifs is 1. The van der Waals surface area contributed by atoms with E-state index in [9.17, 15) is 4.79 Å². The molecule has 0 saturated carbocycles. The summed E-state index contributed by atoms with van der Waals surface area (Å²) in [5, 5.41) is 1.03. The zero-order valence-corrected chi connectivity index (χ0v) is 19.1. The van der Waals surface area contributed by atoms with Gasteiger partial charge < -0.3 is 20.9 Å². The summed E-state index contributed by atoms with van der Waals surface area (Å²) in [4.78, 5) is 30.7. The highest BCUT2D eigenvalue weighted by molar-refractivity contribution is 6.33. The van der Waals surface area contributed by atoms with Crippen molar-refractivity contribution in [2.45, 2.75) is 25.8 Å². The molecule has 0 radical (unpaired) electrons. The molecule has 34 heavy (non-hydrogen) atoms. The van der Waals surface area contributed by atoms with Gasteiger partial charge in [-0.3, -0.25) is 14.3 Å². The van der Waals surface area contributed by atoms with Crippen molar-refractivity contribution in [2.24, 2.45) is 5.73 Å². The Bertz CT molecular complexity index is 1430. The highest BCUT2D eigenvalue weighted by Gasteiger charge is 2.23. The highest BCUT2D eigenvalue weighted by atomic mass is 35.5. The Morgan fingerprint density at radius 1 is 1.12 bits per heavy atom. The van der Waals surface area contributed by atoms with E-state index >= 15 is 0 Å². The second-order valence-electron chi connectivity index (χ2n) is 8.08. The average Bonchev–Trinajstić information content (AvgIpc) is 2.82. The molecule has 11 heteroatoms. The number of nitrogens with two attached hydrogens (primary N) is 2. The molecule has 0 spiro atoms. The second-order valence-corrected chi connectivity index (χ2v) is 8.48. The van der Waals surface area contributed by atoms with Crippen LogP contribution >= 0.6 is 11.6 Å². The first-order chi connectivity index (χ1) is 16.4. The van der Waals surface area contributed by atoms with Crippen molar-refractivity contribution in [3.05, 3.63) is 63.9 Å². The summed E-state index contributed by atoms with van der Waals surface area (Å²) in [6.07, 6.45) is 4.27. The van der Waals surface area contributed by atoms with E-state index in [1.165, 1.54) is 4.57 Å². The first-order valence-corrected chi connectivity index (χ1v) is 11.0. The number of nitrogens with zero attached hydrogens (tertiary/aromatic N) is 5. The maximum Gasteiger partial charge on any atom is 0.260 e. The lowest BCUT2D eigenvalue weighted by Crippen LogP contribution is -2.43. The number of hydrogen-bond acceptors (Lipinski definition) is 9. The molecule has 1 saturated heterocycles. The van der Waals surface area contributed by atoms with Crippen molar-refractivity contribution in [3.8, 4) is 22.4 Å². The Kier molecular flexibility index (Phi) is 5.96. The quantitative estimate of drug-likeness (QED) is 0.449. The number of anilines is 1. The molecule has 5 rings (SSSR count). The zero-order valence-electron chi connectivity index (χ0n) is 18.3. The van der Waals surface area contributed by atoms with Crippen LogP contribution in [0.1, 0.15) is 5.69 Å². The fraction of sp³-hybridized carbons (Fsp3) is 0.261. The van der Waals surface area contributed by atoms with Gasteiger partial charge in [-0.2, -0.15) is 4.98 Å². The fourth-order valence-electron chi connectivity index (χ4n) is 3.84. The number of aromatic nitrogens is 5. The van der Waals surface area contributed by atoms with Crippen molar-refractivity contribution in [1.82, 2.24) is 24.5 Å². The van der Waals surface area contributed by atoms with Gasteiger partial charge in [-0.1, -0.05) is 23.7 Å². The minimum atomic E-state index is -0.648. The molecule has 10 nitrogen and oxygen atoms in total. The van der Waals surface area contributed by atoms with Gasteiger partial charge in [0, 0.05) is 39.5 Å². The summed E-state index contributed by atoms with van der Waals surface area (Å²) in [5.74, 6) is 0.0579. The third-order valence-electron chi connectivity index (χ3n) is 5.48. The number of halogens is 1. The molecule has 0 aliphatic carbocycles. The fourth-order valence-corrected chi connectivity index (χ4v) is 4.12.